The van der Waals surface area contributed by atoms with Gasteiger partial charge in [0.05, 0.1) is 17.4 Å². The summed E-state index contributed by atoms with van der Waals surface area (Å²) in [5.41, 5.74) is 0.632. The van der Waals surface area contributed by atoms with Crippen LogP contribution in [0.15, 0.2) is 35.2 Å². The van der Waals surface area contributed by atoms with E-state index in [1.807, 2.05) is 0 Å². The summed E-state index contributed by atoms with van der Waals surface area (Å²) in [4.78, 5) is -0.177. The van der Waals surface area contributed by atoms with E-state index in [1.54, 1.807) is 0 Å². The summed E-state index contributed by atoms with van der Waals surface area (Å²) < 4.78 is 103. The quantitative estimate of drug-likeness (QED) is 0.609. The first-order valence-corrected chi connectivity index (χ1v) is 9.52. The average molecular weight is 440 g/mol. The number of rotatable bonds is 6. The van der Waals surface area contributed by atoms with Crippen molar-refractivity contribution < 1.29 is 44.8 Å². The minimum atomic E-state index is -4.64. The fourth-order valence-electron chi connectivity index (χ4n) is 2.64. The number of benzene rings is 2. The maximum atomic E-state index is 14.1. The van der Waals surface area contributed by atoms with Crippen LogP contribution in [0.5, 0.6) is 17.2 Å². The lowest BCUT2D eigenvalue weighted by Crippen LogP contribution is -2.25. The second kappa shape index (κ2) is 7.77. The average Bonchev–Trinajstić information content (AvgIpc) is 2.88. The Bertz CT molecular complexity index is 945. The van der Waals surface area contributed by atoms with E-state index in [9.17, 15) is 30.6 Å². The molecule has 0 fully saturated rings. The second-order valence-corrected chi connectivity index (χ2v) is 7.62. The van der Waals surface area contributed by atoms with E-state index in [0.717, 1.165) is 12.1 Å². The molecular weight excluding hydrogens is 426 g/mol. The highest BCUT2D eigenvalue weighted by Crippen LogP contribution is 2.41. The maximum Gasteiger partial charge on any atom is 0.586 e. The maximum absolute atomic E-state index is 14.1. The van der Waals surface area contributed by atoms with Gasteiger partial charge in [0.2, 0.25) is 0 Å². The molecule has 2 aromatic rings. The van der Waals surface area contributed by atoms with Crippen LogP contribution in [0.25, 0.3) is 0 Å². The number of alkyl halides is 5. The molecule has 0 amide bonds. The highest BCUT2D eigenvalue weighted by molar-refractivity contribution is 7.85. The molecule has 0 N–H and O–H groups in total. The molecule has 1 atom stereocenters. The highest BCUT2D eigenvalue weighted by atomic mass is 32.2. The second-order valence-electron chi connectivity index (χ2n) is 6.20. The first kappa shape index (κ1) is 21.3. The molecule has 11 heteroatoms. The van der Waals surface area contributed by atoms with Crippen molar-refractivity contribution >= 4 is 10.8 Å². The molecule has 0 aromatic heterocycles. The first-order chi connectivity index (χ1) is 13.4. The Morgan fingerprint density at radius 3 is 2.48 bits per heavy atom. The van der Waals surface area contributed by atoms with Crippen LogP contribution in [0.4, 0.5) is 26.3 Å². The first-order valence-electron chi connectivity index (χ1n) is 8.20. The molecule has 0 aliphatic carbocycles. The summed E-state index contributed by atoms with van der Waals surface area (Å²) in [6, 6.07) is 6.02. The van der Waals surface area contributed by atoms with E-state index >= 15 is 0 Å². The molecular formula is C18H14F6O4S. The lowest BCUT2D eigenvalue weighted by atomic mass is 10.1. The van der Waals surface area contributed by atoms with Gasteiger partial charge in [0.25, 0.3) is 0 Å². The Kier molecular flexibility index (Phi) is 5.70. The van der Waals surface area contributed by atoms with Gasteiger partial charge in [-0.1, -0.05) is 6.07 Å². The van der Waals surface area contributed by atoms with Crippen LogP contribution in [0.3, 0.4) is 0 Å². The molecule has 0 bridgehead atoms. The number of halogens is 6. The smallest absolute Gasteiger partial charge is 0.490 e. The van der Waals surface area contributed by atoms with Crippen LogP contribution < -0.4 is 14.2 Å². The van der Waals surface area contributed by atoms with Gasteiger partial charge in [0.15, 0.2) is 23.1 Å². The van der Waals surface area contributed by atoms with Crippen molar-refractivity contribution in [2.75, 3.05) is 12.4 Å². The molecule has 0 saturated carbocycles. The normalized spacial score (nSPS) is 16.0. The molecule has 3 rings (SSSR count). The van der Waals surface area contributed by atoms with Gasteiger partial charge in [-0.3, -0.25) is 4.21 Å². The third kappa shape index (κ3) is 5.34. The van der Waals surface area contributed by atoms with Crippen LogP contribution in [0.1, 0.15) is 11.1 Å². The van der Waals surface area contributed by atoms with E-state index in [2.05, 4.69) is 9.47 Å². The molecule has 0 saturated heterocycles. The van der Waals surface area contributed by atoms with Crippen molar-refractivity contribution in [3.63, 3.8) is 0 Å². The highest BCUT2D eigenvalue weighted by Gasteiger charge is 2.43. The standard InChI is InChI=1S/C18H14F6O4S/c1-10-6-12(19)14(8-16(10)29(25)9-17(20,21)22)26-5-4-11-2-3-13-15(7-11)28-18(23,24)27-13/h2-3,6-8H,4-5,9H2,1H3. The van der Waals surface area contributed by atoms with Crippen LogP contribution in [0.2, 0.25) is 0 Å². The van der Waals surface area contributed by atoms with Crippen molar-refractivity contribution in [3.05, 3.63) is 47.3 Å². The largest absolute Gasteiger partial charge is 0.586 e. The number of hydrogen-bond acceptors (Lipinski definition) is 4. The van der Waals surface area contributed by atoms with Gasteiger partial charge >= 0.3 is 12.5 Å². The monoisotopic (exact) mass is 440 g/mol. The van der Waals surface area contributed by atoms with Crippen LogP contribution in [0, 0.1) is 12.7 Å². The SMILES string of the molecule is Cc1cc(F)c(OCCc2ccc3c(c2)OC(F)(F)O3)cc1S(=O)CC(F)(F)F. The van der Waals surface area contributed by atoms with E-state index in [4.69, 9.17) is 4.74 Å². The van der Waals surface area contributed by atoms with Crippen LogP contribution in [-0.2, 0) is 17.2 Å². The van der Waals surface area contributed by atoms with Gasteiger partial charge in [-0.05, 0) is 42.3 Å². The van der Waals surface area contributed by atoms with Crippen molar-refractivity contribution in [2.24, 2.45) is 0 Å². The third-order valence-corrected chi connectivity index (χ3v) is 5.40. The zero-order valence-electron chi connectivity index (χ0n) is 14.8. The van der Waals surface area contributed by atoms with E-state index in [-0.39, 0.29) is 40.7 Å². The van der Waals surface area contributed by atoms with Gasteiger partial charge in [0, 0.05) is 11.3 Å². The van der Waals surface area contributed by atoms with Gasteiger partial charge in [-0.25, -0.2) is 4.39 Å². The van der Waals surface area contributed by atoms with E-state index < -0.39 is 34.8 Å². The van der Waals surface area contributed by atoms with Crippen molar-refractivity contribution in [1.29, 1.82) is 0 Å². The van der Waals surface area contributed by atoms with Gasteiger partial charge < -0.3 is 14.2 Å². The Hall–Kier alpha value is -2.43. The summed E-state index contributed by atoms with van der Waals surface area (Å²) in [7, 11) is -2.41. The summed E-state index contributed by atoms with van der Waals surface area (Å²) in [5.74, 6) is -3.00. The molecule has 0 radical (unpaired) electrons. The summed E-state index contributed by atoms with van der Waals surface area (Å²) in [6.45, 7) is 1.24. The van der Waals surface area contributed by atoms with Crippen molar-refractivity contribution in [1.82, 2.24) is 0 Å². The van der Waals surface area contributed by atoms with E-state index in [0.29, 0.717) is 5.56 Å². The van der Waals surface area contributed by atoms with E-state index in [1.165, 1.54) is 25.1 Å². The van der Waals surface area contributed by atoms with Crippen molar-refractivity contribution in [2.45, 2.75) is 30.7 Å². The summed E-state index contributed by atoms with van der Waals surface area (Å²) >= 11 is 0. The number of ether oxygens (including phenoxy) is 3. The molecule has 29 heavy (non-hydrogen) atoms. The molecule has 1 aliphatic rings. The zero-order chi connectivity index (χ0) is 21.4. The number of aryl methyl sites for hydroxylation is 1. The lowest BCUT2D eigenvalue weighted by Gasteiger charge is -2.13. The Morgan fingerprint density at radius 1 is 1.10 bits per heavy atom. The zero-order valence-corrected chi connectivity index (χ0v) is 15.6. The fraction of sp³-hybridized carbons (Fsp3) is 0.333. The molecule has 1 unspecified atom stereocenters. The molecule has 4 nitrogen and oxygen atoms in total. The Labute approximate surface area is 163 Å². The molecule has 1 heterocycles. The van der Waals surface area contributed by atoms with Gasteiger partial charge in [0.1, 0.15) is 5.75 Å². The van der Waals surface area contributed by atoms with Crippen molar-refractivity contribution in [3.8, 4) is 17.2 Å². The minimum absolute atomic E-state index is 0.106. The van der Waals surface area contributed by atoms with Gasteiger partial charge in [-0.15, -0.1) is 8.78 Å². The lowest BCUT2D eigenvalue weighted by molar-refractivity contribution is -0.286. The number of hydrogen-bond donors (Lipinski definition) is 0. The predicted octanol–water partition coefficient (Wildman–Crippen LogP) is 4.75. The molecule has 0 spiro atoms. The van der Waals surface area contributed by atoms with Crippen LogP contribution >= 0.6 is 0 Å². The molecule has 1 aliphatic heterocycles. The fourth-order valence-corrected chi connectivity index (χ4v) is 3.75. The summed E-state index contributed by atoms with van der Waals surface area (Å²) in [6.07, 6.45) is -8.22. The predicted molar refractivity (Wildman–Crippen MR) is 90.3 cm³/mol. The topological polar surface area (TPSA) is 44.8 Å². The molecule has 158 valence electrons. The number of fused-ring (bicyclic) bond motifs is 1. The minimum Gasteiger partial charge on any atom is -0.490 e. The van der Waals surface area contributed by atoms with Crippen LogP contribution in [-0.4, -0.2) is 29.0 Å². The Morgan fingerprint density at radius 2 is 1.79 bits per heavy atom. The Balaban J connectivity index is 1.67. The molecule has 2 aromatic carbocycles. The van der Waals surface area contributed by atoms with Gasteiger partial charge in [-0.2, -0.15) is 13.2 Å². The summed E-state index contributed by atoms with van der Waals surface area (Å²) in [5, 5.41) is 0. The third-order valence-electron chi connectivity index (χ3n) is 3.88.